The van der Waals surface area contributed by atoms with E-state index in [4.69, 9.17) is 4.98 Å². The first kappa shape index (κ1) is 31.2. The Bertz CT molecular complexity index is 1560. The second-order valence-electron chi connectivity index (χ2n) is 12.3. The minimum absolute atomic E-state index is 0. The zero-order valence-electron chi connectivity index (χ0n) is 23.8. The first-order chi connectivity index (χ1) is 18.7. The van der Waals surface area contributed by atoms with Crippen molar-refractivity contribution in [3.8, 4) is 0 Å². The SMILES string of the molecule is CC(C)(C)c1ccc2c(n1)N1C[C@@H](CCC(c3cc(Br)ccn3)Nc3cccc(n3)S(=O)(=O)NC2=O)CC1(C)C.Cl. The number of nitrogens with one attached hydrogen (secondary N) is 2. The number of carbonyl (C=O) groups is 1. The molecule has 12 heteroatoms. The molecule has 2 N–H and O–H groups in total. The maximum atomic E-state index is 13.6. The molecule has 3 aromatic heterocycles. The molecule has 4 bridgehead atoms. The van der Waals surface area contributed by atoms with E-state index < -0.39 is 15.9 Å². The molecule has 1 unspecified atom stereocenters. The maximum Gasteiger partial charge on any atom is 0.281 e. The highest BCUT2D eigenvalue weighted by Crippen LogP contribution is 2.41. The third-order valence-corrected chi connectivity index (χ3v) is 9.34. The van der Waals surface area contributed by atoms with Crippen LogP contribution >= 0.6 is 28.3 Å². The minimum atomic E-state index is -4.26. The number of sulfonamides is 1. The standard InChI is InChI=1S/C29H35BrN6O3S.ClH/c1-28(2,3)23-12-10-20-26(33-23)36-17-18(16-29(36,4)5)9-11-21(22-15-19(30)13-14-31-22)32-24-7-6-8-25(34-24)40(38,39)35-27(20)37;/h6-8,10,12-15,18,21H,9,11,16-17H2,1-5H3,(H,32,34)(H,35,37);1H/t18-,21?;/m0./s1. The summed E-state index contributed by atoms with van der Waals surface area (Å²) in [6, 6.07) is 11.8. The molecular formula is C29H36BrClN6O3S. The highest BCUT2D eigenvalue weighted by molar-refractivity contribution is 9.10. The number of rotatable bonds is 1. The molecule has 0 radical (unpaired) electrons. The van der Waals surface area contributed by atoms with Gasteiger partial charge in [-0.2, -0.15) is 8.42 Å². The van der Waals surface area contributed by atoms with Crippen LogP contribution in [0.3, 0.4) is 0 Å². The fourth-order valence-electron chi connectivity index (χ4n) is 5.56. The summed E-state index contributed by atoms with van der Waals surface area (Å²) >= 11 is 3.54. The Morgan fingerprint density at radius 2 is 1.83 bits per heavy atom. The Kier molecular flexibility index (Phi) is 8.74. The lowest BCUT2D eigenvalue weighted by molar-refractivity contribution is 0.0981. The van der Waals surface area contributed by atoms with E-state index >= 15 is 0 Å². The van der Waals surface area contributed by atoms with Gasteiger partial charge < -0.3 is 10.2 Å². The summed E-state index contributed by atoms with van der Waals surface area (Å²) in [5.41, 5.74) is 1.35. The molecule has 3 aromatic rings. The molecule has 2 atom stereocenters. The Hall–Kier alpha value is -2.76. The van der Waals surface area contributed by atoms with Crippen molar-refractivity contribution >= 4 is 55.9 Å². The van der Waals surface area contributed by atoms with Crippen LogP contribution in [0.25, 0.3) is 0 Å². The number of hydrogen-bond donors (Lipinski definition) is 2. The quantitative estimate of drug-likeness (QED) is 0.325. The lowest BCUT2D eigenvalue weighted by atomic mass is 9.90. The van der Waals surface area contributed by atoms with Crippen LogP contribution in [-0.2, 0) is 15.4 Å². The van der Waals surface area contributed by atoms with Crippen LogP contribution in [0.1, 0.15) is 81.7 Å². The van der Waals surface area contributed by atoms with Gasteiger partial charge in [0.2, 0.25) is 0 Å². The smallest absolute Gasteiger partial charge is 0.281 e. The van der Waals surface area contributed by atoms with Gasteiger partial charge >= 0.3 is 0 Å². The van der Waals surface area contributed by atoms with Gasteiger partial charge in [-0.25, -0.2) is 14.7 Å². The number of nitrogens with zero attached hydrogens (tertiary/aromatic N) is 4. The first-order valence-electron chi connectivity index (χ1n) is 13.4. The van der Waals surface area contributed by atoms with E-state index in [0.29, 0.717) is 24.1 Å². The van der Waals surface area contributed by atoms with Crippen LogP contribution in [0.2, 0.25) is 0 Å². The van der Waals surface area contributed by atoms with Gasteiger partial charge in [-0.1, -0.05) is 42.8 Å². The van der Waals surface area contributed by atoms with Gasteiger partial charge in [-0.3, -0.25) is 9.78 Å². The average molecular weight is 664 g/mol. The molecule has 5 rings (SSSR count). The number of pyridine rings is 3. The second kappa shape index (κ2) is 11.5. The van der Waals surface area contributed by atoms with E-state index in [1.165, 1.54) is 6.07 Å². The van der Waals surface area contributed by atoms with Crippen molar-refractivity contribution in [1.82, 2.24) is 19.7 Å². The van der Waals surface area contributed by atoms with Crippen LogP contribution < -0.4 is 14.9 Å². The summed E-state index contributed by atoms with van der Waals surface area (Å²) < 4.78 is 29.9. The van der Waals surface area contributed by atoms with Gasteiger partial charge in [0, 0.05) is 33.9 Å². The summed E-state index contributed by atoms with van der Waals surface area (Å²) in [6.45, 7) is 11.2. The molecule has 1 amide bonds. The number of fused-ring (bicyclic) bond motifs is 6. The van der Waals surface area contributed by atoms with Gasteiger partial charge in [-0.15, -0.1) is 12.4 Å². The van der Waals surface area contributed by atoms with Gasteiger partial charge in [-0.05, 0) is 75.4 Å². The molecule has 1 saturated heterocycles. The minimum Gasteiger partial charge on any atom is -0.362 e. The van der Waals surface area contributed by atoms with E-state index in [-0.39, 0.29) is 40.0 Å². The number of aromatic nitrogens is 3. The van der Waals surface area contributed by atoms with Crippen LogP contribution in [0.4, 0.5) is 11.6 Å². The molecule has 9 nitrogen and oxygen atoms in total. The van der Waals surface area contributed by atoms with Gasteiger partial charge in [0.25, 0.3) is 15.9 Å². The van der Waals surface area contributed by atoms with Crippen molar-refractivity contribution in [3.63, 3.8) is 0 Å². The molecule has 0 aromatic carbocycles. The lowest BCUT2D eigenvalue weighted by Crippen LogP contribution is -2.41. The van der Waals surface area contributed by atoms with Crippen LogP contribution in [-0.4, -0.2) is 41.4 Å². The topological polar surface area (TPSA) is 117 Å². The number of hydrogen-bond acceptors (Lipinski definition) is 8. The highest BCUT2D eigenvalue weighted by Gasteiger charge is 2.41. The summed E-state index contributed by atoms with van der Waals surface area (Å²) in [6.07, 6.45) is 4.30. The normalized spacial score (nSPS) is 21.8. The molecule has 5 heterocycles. The molecule has 0 saturated carbocycles. The van der Waals surface area contributed by atoms with Crippen LogP contribution in [0.15, 0.2) is 58.2 Å². The van der Waals surface area contributed by atoms with Crippen molar-refractivity contribution in [1.29, 1.82) is 0 Å². The molecule has 2 aliphatic rings. The van der Waals surface area contributed by atoms with E-state index in [1.807, 2.05) is 12.1 Å². The van der Waals surface area contributed by atoms with Crippen molar-refractivity contribution in [3.05, 3.63) is 70.1 Å². The van der Waals surface area contributed by atoms with Gasteiger partial charge in [0.1, 0.15) is 11.6 Å². The van der Waals surface area contributed by atoms with Crippen molar-refractivity contribution < 1.29 is 13.2 Å². The van der Waals surface area contributed by atoms with Crippen LogP contribution in [0, 0.1) is 5.92 Å². The van der Waals surface area contributed by atoms with E-state index in [2.05, 4.69) is 75.5 Å². The van der Waals surface area contributed by atoms with E-state index in [9.17, 15) is 13.2 Å². The predicted octanol–water partition coefficient (Wildman–Crippen LogP) is 6.02. The maximum absolute atomic E-state index is 13.6. The molecule has 220 valence electrons. The molecule has 0 aliphatic carbocycles. The third kappa shape index (κ3) is 6.67. The monoisotopic (exact) mass is 662 g/mol. The first-order valence-corrected chi connectivity index (χ1v) is 15.7. The van der Waals surface area contributed by atoms with Crippen molar-refractivity contribution in [2.45, 2.75) is 75.9 Å². The Morgan fingerprint density at radius 3 is 2.54 bits per heavy atom. The summed E-state index contributed by atoms with van der Waals surface area (Å²) in [4.78, 5) is 29.7. The fourth-order valence-corrected chi connectivity index (χ4v) is 6.85. The van der Waals surface area contributed by atoms with Crippen molar-refractivity contribution in [2.24, 2.45) is 5.92 Å². The summed E-state index contributed by atoms with van der Waals surface area (Å²) in [5.74, 6) is 0.499. The summed E-state index contributed by atoms with van der Waals surface area (Å²) in [7, 11) is -4.26. The van der Waals surface area contributed by atoms with E-state index in [0.717, 1.165) is 35.1 Å². The van der Waals surface area contributed by atoms with Crippen molar-refractivity contribution in [2.75, 3.05) is 16.8 Å². The fraction of sp³-hybridized carbons (Fsp3) is 0.448. The third-order valence-electron chi connectivity index (χ3n) is 7.62. The molecule has 2 aliphatic heterocycles. The summed E-state index contributed by atoms with van der Waals surface area (Å²) in [5, 5.41) is 3.16. The van der Waals surface area contributed by atoms with Gasteiger partial charge in [0.15, 0.2) is 5.03 Å². The Morgan fingerprint density at radius 1 is 1.07 bits per heavy atom. The molecule has 41 heavy (non-hydrogen) atoms. The molecule has 1 fully saturated rings. The van der Waals surface area contributed by atoms with Crippen LogP contribution in [0.5, 0.6) is 0 Å². The zero-order chi connectivity index (χ0) is 28.9. The number of carbonyl (C=O) groups excluding carboxylic acids is 1. The Balaban J connectivity index is 0.00000387. The number of amides is 1. The largest absolute Gasteiger partial charge is 0.362 e. The number of anilines is 2. The predicted molar refractivity (Wildman–Crippen MR) is 166 cm³/mol. The molecule has 0 spiro atoms. The number of halogens is 2. The lowest BCUT2D eigenvalue weighted by Gasteiger charge is -2.34. The van der Waals surface area contributed by atoms with Gasteiger partial charge in [0.05, 0.1) is 17.3 Å². The highest BCUT2D eigenvalue weighted by atomic mass is 79.9. The molecular weight excluding hydrogens is 628 g/mol. The zero-order valence-corrected chi connectivity index (χ0v) is 27.0. The average Bonchev–Trinajstić information content (AvgIpc) is 3.18. The Labute approximate surface area is 256 Å². The van der Waals surface area contributed by atoms with E-state index in [1.54, 1.807) is 30.5 Å². The second-order valence-corrected chi connectivity index (χ2v) is 14.8.